The predicted molar refractivity (Wildman–Crippen MR) is 107 cm³/mol. The van der Waals surface area contributed by atoms with Crippen LogP contribution >= 0.6 is 0 Å². The first-order valence-electron chi connectivity index (χ1n) is 8.90. The van der Waals surface area contributed by atoms with E-state index in [1.807, 2.05) is 26.0 Å². The van der Waals surface area contributed by atoms with Gasteiger partial charge in [-0.2, -0.15) is 0 Å². The van der Waals surface area contributed by atoms with Gasteiger partial charge in [-0.15, -0.1) is 0 Å². The minimum Gasteiger partial charge on any atom is -0.496 e. The van der Waals surface area contributed by atoms with Gasteiger partial charge in [0.1, 0.15) is 5.75 Å². The number of nitrogens with zero attached hydrogens (tertiary/aromatic N) is 1. The second kappa shape index (κ2) is 7.78. The molecule has 1 N–H and O–H groups in total. The summed E-state index contributed by atoms with van der Waals surface area (Å²) in [5, 5.41) is 0. The Bertz CT molecular complexity index is 887. The zero-order valence-corrected chi connectivity index (χ0v) is 17.0. The molecule has 0 saturated carbocycles. The van der Waals surface area contributed by atoms with Crippen molar-refractivity contribution in [3.8, 4) is 5.75 Å². The zero-order valence-electron chi connectivity index (χ0n) is 16.2. The molecule has 27 heavy (non-hydrogen) atoms. The highest BCUT2D eigenvalue weighted by molar-refractivity contribution is 7.92. The lowest BCUT2D eigenvalue weighted by molar-refractivity contribution is 0.121. The van der Waals surface area contributed by atoms with E-state index in [1.165, 1.54) is 0 Å². The van der Waals surface area contributed by atoms with Gasteiger partial charge in [0.25, 0.3) is 10.0 Å². The highest BCUT2D eigenvalue weighted by Gasteiger charge is 2.22. The summed E-state index contributed by atoms with van der Waals surface area (Å²) in [6, 6.07) is 10.7. The van der Waals surface area contributed by atoms with E-state index >= 15 is 0 Å². The van der Waals surface area contributed by atoms with Crippen LogP contribution in [0.3, 0.4) is 0 Å². The summed E-state index contributed by atoms with van der Waals surface area (Å²) in [6.07, 6.45) is 1.26. The summed E-state index contributed by atoms with van der Waals surface area (Å²) < 4.78 is 38.9. The molecule has 0 bridgehead atoms. The van der Waals surface area contributed by atoms with Crippen LogP contribution in [-0.2, 0) is 14.8 Å². The molecule has 3 rings (SSSR count). The number of aryl methyl sites for hydroxylation is 2. The third-order valence-corrected chi connectivity index (χ3v) is 6.27. The Labute approximate surface area is 161 Å². The normalized spacial score (nSPS) is 17.2. The summed E-state index contributed by atoms with van der Waals surface area (Å²) in [6.45, 7) is 5.46. The molecule has 7 heteroatoms. The van der Waals surface area contributed by atoms with Gasteiger partial charge in [0.15, 0.2) is 0 Å². The molecule has 1 fully saturated rings. The van der Waals surface area contributed by atoms with Crippen LogP contribution < -0.4 is 14.4 Å². The Balaban J connectivity index is 1.76. The first-order valence-corrected chi connectivity index (χ1v) is 10.4. The fourth-order valence-corrected chi connectivity index (χ4v) is 4.73. The van der Waals surface area contributed by atoms with Crippen molar-refractivity contribution in [2.75, 3.05) is 36.9 Å². The van der Waals surface area contributed by atoms with Gasteiger partial charge in [0.2, 0.25) is 0 Å². The van der Waals surface area contributed by atoms with E-state index in [1.54, 1.807) is 38.5 Å². The van der Waals surface area contributed by atoms with Crippen LogP contribution in [0.2, 0.25) is 0 Å². The molecule has 1 heterocycles. The molecule has 0 amide bonds. The second-order valence-corrected chi connectivity index (χ2v) is 8.52. The summed E-state index contributed by atoms with van der Waals surface area (Å²) in [4.78, 5) is 2.47. The molecular weight excluding hydrogens is 364 g/mol. The van der Waals surface area contributed by atoms with Crippen molar-refractivity contribution in [1.29, 1.82) is 0 Å². The van der Waals surface area contributed by atoms with Crippen molar-refractivity contribution in [2.45, 2.75) is 31.3 Å². The van der Waals surface area contributed by atoms with Crippen LogP contribution in [0.4, 0.5) is 11.4 Å². The molecule has 2 aromatic carbocycles. The molecule has 1 aliphatic rings. The Hall–Kier alpha value is -2.25. The fourth-order valence-electron chi connectivity index (χ4n) is 3.50. The highest BCUT2D eigenvalue weighted by Crippen LogP contribution is 2.28. The van der Waals surface area contributed by atoms with Crippen molar-refractivity contribution < 1.29 is 17.9 Å². The summed E-state index contributed by atoms with van der Waals surface area (Å²) >= 11 is 0. The van der Waals surface area contributed by atoms with E-state index in [4.69, 9.17) is 9.47 Å². The Morgan fingerprint density at radius 1 is 1.07 bits per heavy atom. The quantitative estimate of drug-likeness (QED) is 0.819. The van der Waals surface area contributed by atoms with Gasteiger partial charge < -0.3 is 14.4 Å². The fraction of sp³-hybridized carbons (Fsp3) is 0.400. The second-order valence-electron chi connectivity index (χ2n) is 6.84. The first kappa shape index (κ1) is 19.5. The first-order chi connectivity index (χ1) is 12.8. The lowest BCUT2D eigenvalue weighted by atomic mass is 10.1. The molecule has 0 aromatic heterocycles. The van der Waals surface area contributed by atoms with Gasteiger partial charge >= 0.3 is 0 Å². The molecule has 1 aliphatic heterocycles. The van der Waals surface area contributed by atoms with E-state index in [2.05, 4.69) is 9.62 Å². The number of hydrogen-bond donors (Lipinski definition) is 1. The SMILES string of the molecule is COc1c(C)cc(S(=O)(=O)Nc2ccc(N3CCC(OC)C3)cc2)cc1C. The van der Waals surface area contributed by atoms with Crippen molar-refractivity contribution >= 4 is 21.4 Å². The van der Waals surface area contributed by atoms with Crippen LogP contribution in [0.25, 0.3) is 0 Å². The van der Waals surface area contributed by atoms with Gasteiger partial charge in [-0.25, -0.2) is 8.42 Å². The Kier molecular flexibility index (Phi) is 5.62. The topological polar surface area (TPSA) is 67.9 Å². The molecule has 1 saturated heterocycles. The summed E-state index contributed by atoms with van der Waals surface area (Å²) in [5.41, 5.74) is 3.17. The molecule has 6 nitrogen and oxygen atoms in total. The van der Waals surface area contributed by atoms with Crippen molar-refractivity contribution in [2.24, 2.45) is 0 Å². The Morgan fingerprint density at radius 2 is 1.70 bits per heavy atom. The maximum absolute atomic E-state index is 12.7. The number of benzene rings is 2. The van der Waals surface area contributed by atoms with Crippen LogP contribution in [0.15, 0.2) is 41.3 Å². The van der Waals surface area contributed by atoms with Crippen LogP contribution in [0, 0.1) is 13.8 Å². The van der Waals surface area contributed by atoms with Crippen LogP contribution in [0.1, 0.15) is 17.5 Å². The lowest BCUT2D eigenvalue weighted by Gasteiger charge is -2.19. The number of methoxy groups -OCH3 is 2. The van der Waals surface area contributed by atoms with E-state index < -0.39 is 10.0 Å². The van der Waals surface area contributed by atoms with Crippen molar-refractivity contribution in [3.63, 3.8) is 0 Å². The minimum absolute atomic E-state index is 0.227. The van der Waals surface area contributed by atoms with Gasteiger partial charge in [0.05, 0.1) is 18.1 Å². The lowest BCUT2D eigenvalue weighted by Crippen LogP contribution is -2.22. The molecular formula is C20H26N2O4S. The van der Waals surface area contributed by atoms with Gasteiger partial charge in [-0.3, -0.25) is 4.72 Å². The van der Waals surface area contributed by atoms with Crippen LogP contribution in [-0.4, -0.2) is 41.8 Å². The van der Waals surface area contributed by atoms with Crippen molar-refractivity contribution in [1.82, 2.24) is 0 Å². The molecule has 0 spiro atoms. The van der Waals surface area contributed by atoms with Crippen LogP contribution in [0.5, 0.6) is 5.75 Å². The molecule has 2 aromatic rings. The number of nitrogens with one attached hydrogen (secondary N) is 1. The molecule has 0 aliphatic carbocycles. The molecule has 1 unspecified atom stereocenters. The average molecular weight is 391 g/mol. The third-order valence-electron chi connectivity index (χ3n) is 4.91. The van der Waals surface area contributed by atoms with E-state index in [0.717, 1.165) is 36.3 Å². The standard InChI is InChI=1S/C20H26N2O4S/c1-14-11-19(12-15(2)20(14)26-4)27(23,24)21-16-5-7-17(8-6-16)22-10-9-18(13-22)25-3/h5-8,11-12,18,21H,9-10,13H2,1-4H3. The maximum Gasteiger partial charge on any atom is 0.261 e. The number of hydrogen-bond acceptors (Lipinski definition) is 5. The van der Waals surface area contributed by atoms with Gasteiger partial charge in [0, 0.05) is 31.6 Å². The van der Waals surface area contributed by atoms with E-state index in [-0.39, 0.29) is 11.0 Å². The van der Waals surface area contributed by atoms with Crippen molar-refractivity contribution in [3.05, 3.63) is 47.5 Å². The Morgan fingerprint density at radius 3 is 2.22 bits per heavy atom. The summed E-state index contributed by atoms with van der Waals surface area (Å²) in [7, 11) is -0.354. The molecule has 146 valence electrons. The van der Waals surface area contributed by atoms with Gasteiger partial charge in [-0.05, 0) is 67.8 Å². The number of rotatable bonds is 6. The number of anilines is 2. The van der Waals surface area contributed by atoms with E-state index in [0.29, 0.717) is 11.4 Å². The zero-order chi connectivity index (χ0) is 19.6. The number of sulfonamides is 1. The molecule has 0 radical (unpaired) electrons. The summed E-state index contributed by atoms with van der Waals surface area (Å²) in [5.74, 6) is 0.707. The molecule has 1 atom stereocenters. The number of ether oxygens (including phenoxy) is 2. The largest absolute Gasteiger partial charge is 0.496 e. The third kappa shape index (κ3) is 4.20. The average Bonchev–Trinajstić information content (AvgIpc) is 3.11. The monoisotopic (exact) mass is 390 g/mol. The smallest absolute Gasteiger partial charge is 0.261 e. The highest BCUT2D eigenvalue weighted by atomic mass is 32.2. The van der Waals surface area contributed by atoms with Gasteiger partial charge in [-0.1, -0.05) is 0 Å². The minimum atomic E-state index is -3.67. The maximum atomic E-state index is 12.7. The predicted octanol–water partition coefficient (Wildman–Crippen LogP) is 3.34. The van der Waals surface area contributed by atoms with E-state index in [9.17, 15) is 8.42 Å².